The molecule has 4 fully saturated rings. The summed E-state index contributed by atoms with van der Waals surface area (Å²) >= 11 is 0. The minimum absolute atomic E-state index is 0.0708. The second-order valence-corrected chi connectivity index (χ2v) is 12.3. The van der Waals surface area contributed by atoms with Crippen molar-refractivity contribution in [1.82, 2.24) is 5.32 Å². The van der Waals surface area contributed by atoms with Crippen molar-refractivity contribution in [2.75, 3.05) is 6.54 Å². The normalized spacial score (nSPS) is 49.4. The first-order chi connectivity index (χ1) is 13.3. The maximum Gasteiger partial charge on any atom is 0.0555 e. The number of nitrogens with one attached hydrogen (secondary N) is 1. The summed E-state index contributed by atoms with van der Waals surface area (Å²) in [7, 11) is 0. The molecule has 0 radical (unpaired) electrons. The first-order valence-corrected chi connectivity index (χ1v) is 12.7. The van der Waals surface area contributed by atoms with Crippen LogP contribution >= 0.6 is 0 Å². The van der Waals surface area contributed by atoms with E-state index in [-0.39, 0.29) is 6.10 Å². The van der Waals surface area contributed by atoms with Gasteiger partial charge in [-0.2, -0.15) is 0 Å². The van der Waals surface area contributed by atoms with E-state index < -0.39 is 0 Å². The van der Waals surface area contributed by atoms with Crippen molar-refractivity contribution >= 4 is 0 Å². The zero-order valence-electron chi connectivity index (χ0n) is 19.3. The van der Waals surface area contributed by atoms with Gasteiger partial charge in [-0.05, 0) is 97.8 Å². The van der Waals surface area contributed by atoms with Crippen molar-refractivity contribution in [2.45, 2.75) is 111 Å². The fraction of sp³-hybridized carbons (Fsp3) is 1.00. The Kier molecular flexibility index (Phi) is 5.95. The Hall–Kier alpha value is -0.0800. The highest BCUT2D eigenvalue weighted by molar-refractivity contribution is 5.11. The molecule has 5 unspecified atom stereocenters. The quantitative estimate of drug-likeness (QED) is 0.601. The maximum atomic E-state index is 10.2. The molecule has 0 aromatic rings. The molecule has 28 heavy (non-hydrogen) atoms. The summed E-state index contributed by atoms with van der Waals surface area (Å²) in [5, 5.41) is 14.2. The third-order valence-electron chi connectivity index (χ3n) is 10.4. The molecule has 3 aliphatic carbocycles. The van der Waals surface area contributed by atoms with Crippen molar-refractivity contribution in [3.05, 3.63) is 0 Å². The highest BCUT2D eigenvalue weighted by Gasteiger charge is 2.60. The van der Waals surface area contributed by atoms with Gasteiger partial charge < -0.3 is 10.4 Å². The molecule has 4 aliphatic rings. The predicted molar refractivity (Wildman–Crippen MR) is 118 cm³/mol. The molecular weight excluding hydrogens is 342 g/mol. The van der Waals surface area contributed by atoms with Crippen LogP contribution in [0.3, 0.4) is 0 Å². The predicted octanol–water partition coefficient (Wildman–Crippen LogP) is 6.03. The highest BCUT2D eigenvalue weighted by Crippen LogP contribution is 2.65. The van der Waals surface area contributed by atoms with Gasteiger partial charge in [0.15, 0.2) is 0 Å². The summed E-state index contributed by atoms with van der Waals surface area (Å²) in [6, 6.07) is 0.550. The molecule has 3 saturated carbocycles. The van der Waals surface area contributed by atoms with E-state index in [0.717, 1.165) is 48.3 Å². The summed E-state index contributed by atoms with van der Waals surface area (Å²) in [4.78, 5) is 0. The molecule has 0 bridgehead atoms. The van der Waals surface area contributed by atoms with Gasteiger partial charge in [-0.15, -0.1) is 0 Å². The van der Waals surface area contributed by atoms with Crippen LogP contribution in [0.2, 0.25) is 0 Å². The van der Waals surface area contributed by atoms with Crippen molar-refractivity contribution in [3.63, 3.8) is 0 Å². The van der Waals surface area contributed by atoms with E-state index >= 15 is 0 Å². The Morgan fingerprint density at radius 3 is 2.39 bits per heavy atom. The number of hydrogen-bond acceptors (Lipinski definition) is 2. The zero-order chi connectivity index (χ0) is 20.1. The third kappa shape index (κ3) is 3.49. The van der Waals surface area contributed by atoms with E-state index in [9.17, 15) is 5.11 Å². The molecule has 1 aliphatic heterocycles. The molecular formula is C26H47NO. The number of aliphatic hydroxyl groups is 1. The number of hydrogen-bond donors (Lipinski definition) is 2. The summed E-state index contributed by atoms with van der Waals surface area (Å²) in [6.07, 6.45) is 13.3. The van der Waals surface area contributed by atoms with Gasteiger partial charge in [0.1, 0.15) is 0 Å². The van der Waals surface area contributed by atoms with Crippen LogP contribution in [0.1, 0.15) is 98.8 Å². The van der Waals surface area contributed by atoms with Gasteiger partial charge in [0.25, 0.3) is 0 Å². The Morgan fingerprint density at radius 2 is 1.64 bits per heavy atom. The van der Waals surface area contributed by atoms with E-state index in [1.807, 2.05) is 0 Å². The Labute approximate surface area is 174 Å². The first kappa shape index (κ1) is 21.2. The maximum absolute atomic E-state index is 10.2. The van der Waals surface area contributed by atoms with E-state index in [1.54, 1.807) is 0 Å². The van der Waals surface area contributed by atoms with Crippen LogP contribution < -0.4 is 5.32 Å². The van der Waals surface area contributed by atoms with Crippen molar-refractivity contribution in [2.24, 2.45) is 46.3 Å². The van der Waals surface area contributed by atoms with Gasteiger partial charge in [0.05, 0.1) is 6.10 Å². The minimum Gasteiger partial charge on any atom is -0.393 e. The second-order valence-electron chi connectivity index (χ2n) is 12.3. The van der Waals surface area contributed by atoms with Crippen molar-refractivity contribution < 1.29 is 5.11 Å². The fourth-order valence-corrected chi connectivity index (χ4v) is 8.77. The van der Waals surface area contributed by atoms with Crippen LogP contribution in [0.5, 0.6) is 0 Å². The molecule has 1 heterocycles. The number of aliphatic hydroxyl groups excluding tert-OH is 1. The first-order valence-electron chi connectivity index (χ1n) is 12.7. The van der Waals surface area contributed by atoms with Crippen molar-refractivity contribution in [1.29, 1.82) is 0 Å². The smallest absolute Gasteiger partial charge is 0.0555 e. The lowest BCUT2D eigenvalue weighted by Gasteiger charge is -2.61. The number of rotatable bonds is 5. The largest absolute Gasteiger partial charge is 0.393 e. The summed E-state index contributed by atoms with van der Waals surface area (Å²) in [5.74, 6) is 5.40. The molecule has 1 saturated heterocycles. The number of fused-ring (bicyclic) bond motifs is 5. The average molecular weight is 390 g/mol. The van der Waals surface area contributed by atoms with Crippen LogP contribution in [0.15, 0.2) is 0 Å². The SMILES string of the molecule is CC(C)CCCC(C)[C@H]1CCC2C3CNC4C[C@@H](O)CC[C@]4(C)C3CC[C@@]21C. The van der Waals surface area contributed by atoms with Gasteiger partial charge in [0.2, 0.25) is 0 Å². The third-order valence-corrected chi connectivity index (χ3v) is 10.4. The minimum atomic E-state index is -0.0708. The molecule has 162 valence electrons. The van der Waals surface area contributed by atoms with Gasteiger partial charge in [0, 0.05) is 6.04 Å². The zero-order valence-corrected chi connectivity index (χ0v) is 19.3. The Morgan fingerprint density at radius 1 is 0.929 bits per heavy atom. The van der Waals surface area contributed by atoms with Gasteiger partial charge in [-0.25, -0.2) is 0 Å². The lowest BCUT2D eigenvalue weighted by atomic mass is 9.48. The Balaban J connectivity index is 1.46. The van der Waals surface area contributed by atoms with Crippen LogP contribution in [-0.2, 0) is 0 Å². The molecule has 2 nitrogen and oxygen atoms in total. The average Bonchev–Trinajstić information content (AvgIpc) is 2.99. The van der Waals surface area contributed by atoms with E-state index in [1.165, 1.54) is 57.9 Å². The molecule has 2 heteroatoms. The van der Waals surface area contributed by atoms with E-state index in [0.29, 0.717) is 16.9 Å². The lowest BCUT2D eigenvalue weighted by Crippen LogP contribution is -2.63. The molecule has 9 atom stereocenters. The highest BCUT2D eigenvalue weighted by atomic mass is 16.3. The lowest BCUT2D eigenvalue weighted by molar-refractivity contribution is -0.109. The molecule has 0 amide bonds. The fourth-order valence-electron chi connectivity index (χ4n) is 8.77. The topological polar surface area (TPSA) is 32.3 Å². The number of piperidine rings is 1. The van der Waals surface area contributed by atoms with Crippen molar-refractivity contribution in [3.8, 4) is 0 Å². The summed E-state index contributed by atoms with van der Waals surface area (Å²) < 4.78 is 0. The van der Waals surface area contributed by atoms with E-state index in [4.69, 9.17) is 0 Å². The molecule has 0 spiro atoms. The van der Waals surface area contributed by atoms with Gasteiger partial charge in [-0.1, -0.05) is 53.9 Å². The van der Waals surface area contributed by atoms with Crippen LogP contribution in [-0.4, -0.2) is 23.8 Å². The van der Waals surface area contributed by atoms with Crippen LogP contribution in [0.4, 0.5) is 0 Å². The Bertz CT molecular complexity index is 547. The molecule has 0 aromatic carbocycles. The van der Waals surface area contributed by atoms with Crippen LogP contribution in [0.25, 0.3) is 0 Å². The molecule has 0 aromatic heterocycles. The molecule has 4 rings (SSSR count). The monoisotopic (exact) mass is 389 g/mol. The summed E-state index contributed by atoms with van der Waals surface area (Å²) in [6.45, 7) is 13.8. The van der Waals surface area contributed by atoms with E-state index in [2.05, 4.69) is 39.9 Å². The summed E-state index contributed by atoms with van der Waals surface area (Å²) in [5.41, 5.74) is 1.00. The van der Waals surface area contributed by atoms with Gasteiger partial charge >= 0.3 is 0 Å². The second kappa shape index (κ2) is 7.88. The van der Waals surface area contributed by atoms with Gasteiger partial charge in [-0.3, -0.25) is 0 Å². The van der Waals surface area contributed by atoms with Crippen LogP contribution in [0, 0.1) is 46.3 Å². The standard InChI is InChI=1S/C26H47NO/c1-17(2)7-6-8-18(3)21-9-10-22-20-16-27-24-15-19(28)11-13-26(24,5)23(20)12-14-25(21,22)4/h17-24,27-28H,6-16H2,1-5H3/t18?,19-,20?,21+,22?,23?,24?,25+,26+/m0/s1. The molecule has 2 N–H and O–H groups in total.